The molecule has 0 saturated carbocycles. The maximum Gasteiger partial charge on any atom is 0.186 e. The fraction of sp³-hybridized carbons (Fsp3) is 1.00. The highest BCUT2D eigenvalue weighted by atomic mass is 28.4. The summed E-state index contributed by atoms with van der Waals surface area (Å²) in [5.74, 6) is 0. The van der Waals surface area contributed by atoms with E-state index in [0.717, 1.165) is 32.6 Å². The molecule has 0 aromatic rings. The predicted octanol–water partition coefficient (Wildman–Crippen LogP) is 7.59. The third kappa shape index (κ3) is 18.7. The topological polar surface area (TPSA) is 70.5 Å². The average molecular weight is 489 g/mol. The van der Waals surface area contributed by atoms with E-state index in [-0.39, 0.29) is 5.54 Å². The van der Waals surface area contributed by atoms with Crippen LogP contribution >= 0.6 is 0 Å². The Bertz CT molecular complexity index is 410. The second-order valence-corrected chi connectivity index (χ2v) is 19.8. The minimum Gasteiger partial charge on any atom is -0.418 e. The molecule has 0 fully saturated rings. The first-order valence-electron chi connectivity index (χ1n) is 13.9. The van der Waals surface area contributed by atoms with Gasteiger partial charge in [0.15, 0.2) is 16.6 Å². The van der Waals surface area contributed by atoms with Crippen LogP contribution in [0.4, 0.5) is 0 Å². The van der Waals surface area contributed by atoms with Gasteiger partial charge in [0.1, 0.15) is 0 Å². The summed E-state index contributed by atoms with van der Waals surface area (Å²) >= 11 is 0. The molecule has 0 rings (SSSR count). The Hall–Kier alpha value is 0.274. The maximum absolute atomic E-state index is 7.05. The zero-order chi connectivity index (χ0) is 24.3. The van der Waals surface area contributed by atoms with Gasteiger partial charge in [-0.25, -0.2) is 0 Å². The van der Waals surface area contributed by atoms with Gasteiger partial charge in [0.25, 0.3) is 0 Å². The zero-order valence-electron chi connectivity index (χ0n) is 22.9. The molecule has 0 aliphatic heterocycles. The Morgan fingerprint density at radius 2 is 0.906 bits per heavy atom. The molecule has 0 radical (unpaired) electrons. The largest absolute Gasteiger partial charge is 0.418 e. The molecule has 0 bridgehead atoms. The van der Waals surface area contributed by atoms with Gasteiger partial charge in [0.05, 0.1) is 0 Å². The lowest BCUT2D eigenvalue weighted by molar-refractivity contribution is 0.300. The van der Waals surface area contributed by atoms with Crippen molar-refractivity contribution in [2.75, 3.05) is 19.8 Å². The molecule has 0 saturated heterocycles. The van der Waals surface area contributed by atoms with E-state index < -0.39 is 16.6 Å². The Morgan fingerprint density at radius 1 is 0.562 bits per heavy atom. The van der Waals surface area contributed by atoms with Gasteiger partial charge in [-0.15, -0.1) is 0 Å². The van der Waals surface area contributed by atoms with E-state index in [1.807, 2.05) is 0 Å². The minimum atomic E-state index is -1.52. The van der Waals surface area contributed by atoms with Crippen LogP contribution < -0.4 is 11.5 Å². The summed E-state index contributed by atoms with van der Waals surface area (Å²) in [4.78, 5) is 0. The summed E-state index contributed by atoms with van der Waals surface area (Å²) in [5.41, 5.74) is 12.6. The fourth-order valence-electron chi connectivity index (χ4n) is 4.89. The first kappa shape index (κ1) is 32.3. The van der Waals surface area contributed by atoms with Gasteiger partial charge in [-0.1, -0.05) is 64.2 Å². The lowest BCUT2D eigenvalue weighted by atomic mass is 9.84. The first-order valence-corrected chi connectivity index (χ1v) is 20.1. The van der Waals surface area contributed by atoms with Crippen molar-refractivity contribution >= 4 is 16.6 Å². The Kier molecular flexibility index (Phi) is 18.7. The molecule has 194 valence electrons. The van der Waals surface area contributed by atoms with Gasteiger partial charge < -0.3 is 20.3 Å². The number of rotatable bonds is 23. The van der Waals surface area contributed by atoms with Crippen LogP contribution in [0.1, 0.15) is 104 Å². The molecular formula is C26H60N2O2Si2. The van der Waals surface area contributed by atoms with Crippen molar-refractivity contribution in [2.24, 2.45) is 11.5 Å². The Balaban J connectivity index is 4.39. The van der Waals surface area contributed by atoms with Gasteiger partial charge in [-0.05, 0) is 84.4 Å². The van der Waals surface area contributed by atoms with Crippen LogP contribution in [0.3, 0.4) is 0 Å². The molecule has 4 nitrogen and oxygen atoms in total. The lowest BCUT2D eigenvalue weighted by Crippen LogP contribution is -2.41. The molecular weight excluding hydrogens is 428 g/mol. The normalized spacial score (nSPS) is 13.1. The molecule has 0 unspecified atom stereocenters. The second kappa shape index (κ2) is 18.6. The van der Waals surface area contributed by atoms with Gasteiger partial charge in [0, 0.05) is 18.8 Å². The molecule has 6 heteroatoms. The summed E-state index contributed by atoms with van der Waals surface area (Å²) in [5, 5.41) is 0. The van der Waals surface area contributed by atoms with Crippen molar-refractivity contribution in [3.05, 3.63) is 0 Å². The van der Waals surface area contributed by atoms with Crippen LogP contribution in [0.15, 0.2) is 0 Å². The highest BCUT2D eigenvalue weighted by Gasteiger charge is 2.29. The summed E-state index contributed by atoms with van der Waals surface area (Å²) in [6, 6.07) is 2.45. The molecule has 0 aromatic carbocycles. The Morgan fingerprint density at radius 3 is 1.28 bits per heavy atom. The number of hydrogen-bond acceptors (Lipinski definition) is 4. The monoisotopic (exact) mass is 488 g/mol. The highest BCUT2D eigenvalue weighted by Crippen LogP contribution is 2.29. The van der Waals surface area contributed by atoms with Gasteiger partial charge >= 0.3 is 0 Å². The Labute approximate surface area is 204 Å². The van der Waals surface area contributed by atoms with E-state index in [2.05, 4.69) is 40.0 Å². The van der Waals surface area contributed by atoms with E-state index in [9.17, 15) is 0 Å². The smallest absolute Gasteiger partial charge is 0.186 e. The van der Waals surface area contributed by atoms with Crippen LogP contribution in [-0.2, 0) is 8.85 Å². The van der Waals surface area contributed by atoms with Crippen molar-refractivity contribution in [1.82, 2.24) is 0 Å². The third-order valence-electron chi connectivity index (χ3n) is 6.86. The maximum atomic E-state index is 7.05. The molecule has 0 atom stereocenters. The standard InChI is InChI=1S/C26H60N2O2Si2/c1-7-29-31(3,4)24-18-21-26(28,22-19-25-32(5,6)30-8-2)20-16-14-12-10-9-11-13-15-17-23-27/h7-25,27-28H2,1-6H3. The van der Waals surface area contributed by atoms with Gasteiger partial charge in [-0.3, -0.25) is 0 Å². The highest BCUT2D eigenvalue weighted by molar-refractivity contribution is 6.71. The third-order valence-corrected chi connectivity index (χ3v) is 12.1. The van der Waals surface area contributed by atoms with Gasteiger partial charge in [-0.2, -0.15) is 0 Å². The lowest BCUT2D eigenvalue weighted by Gasteiger charge is -2.32. The molecule has 0 heterocycles. The van der Waals surface area contributed by atoms with Gasteiger partial charge in [0.2, 0.25) is 0 Å². The van der Waals surface area contributed by atoms with E-state index in [4.69, 9.17) is 20.3 Å². The molecule has 0 aliphatic rings. The van der Waals surface area contributed by atoms with Crippen LogP contribution in [0.25, 0.3) is 0 Å². The summed E-state index contributed by atoms with van der Waals surface area (Å²) in [6.45, 7) is 16.2. The first-order chi connectivity index (χ1) is 15.1. The summed E-state index contributed by atoms with van der Waals surface area (Å²) in [7, 11) is -3.03. The number of unbranched alkanes of at least 4 members (excludes halogenated alkanes) is 8. The molecule has 0 amide bonds. The summed E-state index contributed by atoms with van der Waals surface area (Å²) < 4.78 is 12.1. The zero-order valence-corrected chi connectivity index (χ0v) is 24.9. The molecule has 0 aliphatic carbocycles. The number of hydrogen-bond donors (Lipinski definition) is 2. The predicted molar refractivity (Wildman–Crippen MR) is 148 cm³/mol. The fourth-order valence-corrected chi connectivity index (χ4v) is 8.80. The second-order valence-electron chi connectivity index (χ2n) is 11.2. The van der Waals surface area contributed by atoms with Crippen molar-refractivity contribution in [3.8, 4) is 0 Å². The van der Waals surface area contributed by atoms with Crippen LogP contribution in [0.5, 0.6) is 0 Å². The molecule has 4 N–H and O–H groups in total. The van der Waals surface area contributed by atoms with E-state index >= 15 is 0 Å². The van der Waals surface area contributed by atoms with E-state index in [1.54, 1.807) is 0 Å². The quantitative estimate of drug-likeness (QED) is 0.115. The van der Waals surface area contributed by atoms with Crippen LogP contribution in [-0.4, -0.2) is 41.9 Å². The van der Waals surface area contributed by atoms with Crippen molar-refractivity contribution in [2.45, 2.75) is 148 Å². The summed E-state index contributed by atoms with van der Waals surface area (Å²) in [6.07, 6.45) is 17.9. The van der Waals surface area contributed by atoms with Crippen LogP contribution in [0, 0.1) is 0 Å². The SMILES string of the molecule is CCO[Si](C)(C)CCCC(N)(CCCCCCCCCCCN)CCC[Si](C)(C)OCC. The molecule has 0 spiro atoms. The average Bonchev–Trinajstić information content (AvgIpc) is 2.69. The van der Waals surface area contributed by atoms with Crippen molar-refractivity contribution < 1.29 is 8.85 Å². The number of nitrogens with two attached hydrogens (primary N) is 2. The van der Waals surface area contributed by atoms with E-state index in [0.29, 0.717) is 0 Å². The van der Waals surface area contributed by atoms with Crippen molar-refractivity contribution in [3.63, 3.8) is 0 Å². The molecule has 0 aromatic heterocycles. The molecule has 32 heavy (non-hydrogen) atoms. The van der Waals surface area contributed by atoms with Crippen LogP contribution in [0.2, 0.25) is 38.3 Å². The van der Waals surface area contributed by atoms with E-state index in [1.165, 1.54) is 89.1 Å². The minimum absolute atomic E-state index is 0.00435. The van der Waals surface area contributed by atoms with Crippen molar-refractivity contribution in [1.29, 1.82) is 0 Å².